The lowest BCUT2D eigenvalue weighted by atomic mass is 10.0. The maximum Gasteiger partial charge on any atom is 0.417 e. The first kappa shape index (κ1) is 12.0. The van der Waals surface area contributed by atoms with Gasteiger partial charge in [0.1, 0.15) is 0 Å². The molecule has 0 aliphatic rings. The maximum atomic E-state index is 12.5. The predicted molar refractivity (Wildman–Crippen MR) is 51.1 cm³/mol. The fourth-order valence-corrected chi connectivity index (χ4v) is 1.50. The van der Waals surface area contributed by atoms with Crippen molar-refractivity contribution in [3.05, 3.63) is 34.3 Å². The molecule has 1 aromatic carbocycles. The highest BCUT2D eigenvalue weighted by molar-refractivity contribution is 6.34. The third-order valence-electron chi connectivity index (χ3n) is 1.92. The summed E-state index contributed by atoms with van der Waals surface area (Å²) in [6.07, 6.45) is -4.56. The van der Waals surface area contributed by atoms with Gasteiger partial charge in [0, 0.05) is 12.0 Å². The van der Waals surface area contributed by atoms with Crippen molar-refractivity contribution in [2.75, 3.05) is 0 Å². The molecule has 0 saturated heterocycles. The lowest BCUT2D eigenvalue weighted by molar-refractivity contribution is -0.137. The summed E-state index contributed by atoms with van der Waals surface area (Å²) in [5, 5.41) is -0.156. The van der Waals surface area contributed by atoms with Crippen molar-refractivity contribution in [2.24, 2.45) is 0 Å². The topological polar surface area (TPSA) is 17.1 Å². The van der Waals surface area contributed by atoms with E-state index in [4.69, 9.17) is 11.6 Å². The Kier molecular flexibility index (Phi) is 3.39. The zero-order valence-corrected chi connectivity index (χ0v) is 8.62. The van der Waals surface area contributed by atoms with Crippen LogP contribution in [-0.2, 0) is 6.18 Å². The zero-order chi connectivity index (χ0) is 11.6. The Morgan fingerprint density at radius 2 is 2.00 bits per heavy atom. The summed E-state index contributed by atoms with van der Waals surface area (Å²) in [5.41, 5.74) is -1.41. The van der Waals surface area contributed by atoms with Crippen molar-refractivity contribution in [3.8, 4) is 0 Å². The number of alkyl halides is 3. The van der Waals surface area contributed by atoms with Crippen molar-refractivity contribution in [2.45, 2.75) is 19.5 Å². The first-order chi connectivity index (χ1) is 6.88. The van der Waals surface area contributed by atoms with Crippen LogP contribution in [-0.4, -0.2) is 5.78 Å². The second-order valence-corrected chi connectivity index (χ2v) is 3.34. The summed E-state index contributed by atoms with van der Waals surface area (Å²) in [5.74, 6) is -0.604. The highest BCUT2D eigenvalue weighted by atomic mass is 35.5. The predicted octanol–water partition coefficient (Wildman–Crippen LogP) is 3.95. The number of benzene rings is 1. The van der Waals surface area contributed by atoms with E-state index >= 15 is 0 Å². The van der Waals surface area contributed by atoms with E-state index in [0.29, 0.717) is 0 Å². The molecule has 1 aromatic rings. The monoisotopic (exact) mass is 236 g/mol. The smallest absolute Gasteiger partial charge is 0.294 e. The largest absolute Gasteiger partial charge is 0.417 e. The van der Waals surface area contributed by atoms with Gasteiger partial charge in [0.2, 0.25) is 0 Å². The van der Waals surface area contributed by atoms with Gasteiger partial charge >= 0.3 is 6.18 Å². The van der Waals surface area contributed by atoms with E-state index in [1.165, 1.54) is 19.1 Å². The quantitative estimate of drug-likeness (QED) is 0.711. The van der Waals surface area contributed by atoms with Crippen molar-refractivity contribution in [3.63, 3.8) is 0 Å². The Hall–Kier alpha value is -1.03. The summed E-state index contributed by atoms with van der Waals surface area (Å²) in [6.45, 7) is 1.49. The van der Waals surface area contributed by atoms with Gasteiger partial charge in [0.25, 0.3) is 0 Å². The van der Waals surface area contributed by atoms with Gasteiger partial charge in [0.05, 0.1) is 10.6 Å². The van der Waals surface area contributed by atoms with Crippen LogP contribution in [0.3, 0.4) is 0 Å². The van der Waals surface area contributed by atoms with Gasteiger partial charge in [-0.25, -0.2) is 0 Å². The Morgan fingerprint density at radius 3 is 2.47 bits per heavy atom. The number of carbonyl (C=O) groups excluding carboxylic acids is 1. The van der Waals surface area contributed by atoms with Crippen molar-refractivity contribution >= 4 is 17.4 Å². The summed E-state index contributed by atoms with van der Waals surface area (Å²) in [4.78, 5) is 11.3. The molecule has 0 unspecified atom stereocenters. The lowest BCUT2D eigenvalue weighted by Crippen LogP contribution is -2.13. The molecular weight excluding hydrogens is 229 g/mol. The molecule has 0 saturated carbocycles. The third-order valence-corrected chi connectivity index (χ3v) is 2.23. The van der Waals surface area contributed by atoms with Gasteiger partial charge in [-0.05, 0) is 12.1 Å². The number of hydrogen-bond donors (Lipinski definition) is 0. The van der Waals surface area contributed by atoms with Crippen LogP contribution in [0.5, 0.6) is 0 Å². The highest BCUT2D eigenvalue weighted by Gasteiger charge is 2.35. The fourth-order valence-electron chi connectivity index (χ4n) is 1.22. The SMILES string of the molecule is CCC(=O)c1c(Cl)cccc1C(F)(F)F. The third kappa shape index (κ3) is 2.50. The van der Waals surface area contributed by atoms with Gasteiger partial charge in [0.15, 0.2) is 5.78 Å². The summed E-state index contributed by atoms with van der Waals surface area (Å²) in [7, 11) is 0. The Balaban J connectivity index is 3.40. The van der Waals surface area contributed by atoms with Crippen LogP contribution in [0.1, 0.15) is 29.3 Å². The van der Waals surface area contributed by atoms with E-state index in [9.17, 15) is 18.0 Å². The number of Topliss-reactive ketones (excluding diaryl/α,β-unsaturated/α-hetero) is 1. The van der Waals surface area contributed by atoms with Gasteiger partial charge < -0.3 is 0 Å². The Bertz CT molecular complexity index is 385. The summed E-state index contributed by atoms with van der Waals surface area (Å²) >= 11 is 5.59. The standard InChI is InChI=1S/C10H8ClF3O/c1-2-8(15)9-6(10(12,13)14)4-3-5-7(9)11/h3-5H,2H2,1H3. The van der Waals surface area contributed by atoms with Crippen molar-refractivity contribution < 1.29 is 18.0 Å². The van der Waals surface area contributed by atoms with E-state index in [1.807, 2.05) is 0 Å². The van der Waals surface area contributed by atoms with Crippen LogP contribution in [0.4, 0.5) is 13.2 Å². The van der Waals surface area contributed by atoms with Gasteiger partial charge in [-0.15, -0.1) is 0 Å². The average molecular weight is 237 g/mol. The molecule has 0 radical (unpaired) electrons. The van der Waals surface area contributed by atoms with Crippen LogP contribution in [0.15, 0.2) is 18.2 Å². The molecule has 15 heavy (non-hydrogen) atoms. The second kappa shape index (κ2) is 4.23. The molecule has 0 aliphatic carbocycles. The van der Waals surface area contributed by atoms with E-state index in [0.717, 1.165) is 6.07 Å². The lowest BCUT2D eigenvalue weighted by Gasteiger charge is -2.12. The van der Waals surface area contributed by atoms with Crippen LogP contribution >= 0.6 is 11.6 Å². The normalized spacial score (nSPS) is 11.5. The molecule has 0 aromatic heterocycles. The molecule has 0 atom stereocenters. The molecule has 0 spiro atoms. The Morgan fingerprint density at radius 1 is 1.40 bits per heavy atom. The van der Waals surface area contributed by atoms with Crippen molar-refractivity contribution in [1.82, 2.24) is 0 Å². The van der Waals surface area contributed by atoms with Crippen molar-refractivity contribution in [1.29, 1.82) is 0 Å². The molecule has 0 aliphatic heterocycles. The Labute approximate surface area is 89.9 Å². The van der Waals surface area contributed by atoms with E-state index in [2.05, 4.69) is 0 Å². The molecular formula is C10H8ClF3O. The van der Waals surface area contributed by atoms with E-state index < -0.39 is 23.1 Å². The molecule has 0 bridgehead atoms. The molecule has 82 valence electrons. The summed E-state index contributed by atoms with van der Waals surface area (Å²) in [6, 6.07) is 3.31. The van der Waals surface area contributed by atoms with E-state index in [1.54, 1.807) is 0 Å². The zero-order valence-electron chi connectivity index (χ0n) is 7.86. The molecule has 1 nitrogen and oxygen atoms in total. The molecule has 5 heteroatoms. The molecule has 0 amide bonds. The van der Waals surface area contributed by atoms with Gasteiger partial charge in [-0.1, -0.05) is 24.6 Å². The van der Waals surface area contributed by atoms with Gasteiger partial charge in [-0.2, -0.15) is 13.2 Å². The minimum atomic E-state index is -4.55. The van der Waals surface area contributed by atoms with Gasteiger partial charge in [-0.3, -0.25) is 4.79 Å². The number of rotatable bonds is 2. The minimum Gasteiger partial charge on any atom is -0.294 e. The van der Waals surface area contributed by atoms with Crippen LogP contribution < -0.4 is 0 Å². The van der Waals surface area contributed by atoms with Crippen LogP contribution in [0.25, 0.3) is 0 Å². The molecule has 0 fully saturated rings. The fraction of sp³-hybridized carbons (Fsp3) is 0.300. The highest BCUT2D eigenvalue weighted by Crippen LogP contribution is 2.35. The average Bonchev–Trinajstić information content (AvgIpc) is 2.15. The minimum absolute atomic E-state index is 0.00713. The number of carbonyl (C=O) groups is 1. The molecule has 0 N–H and O–H groups in total. The summed E-state index contributed by atoms with van der Waals surface area (Å²) < 4.78 is 37.5. The second-order valence-electron chi connectivity index (χ2n) is 2.94. The first-order valence-corrected chi connectivity index (χ1v) is 4.64. The number of hydrogen-bond acceptors (Lipinski definition) is 1. The van der Waals surface area contributed by atoms with E-state index in [-0.39, 0.29) is 11.4 Å². The van der Waals surface area contributed by atoms with Crippen LogP contribution in [0, 0.1) is 0 Å². The number of ketones is 1. The molecule has 1 rings (SSSR count). The number of halogens is 4. The first-order valence-electron chi connectivity index (χ1n) is 4.26. The molecule has 0 heterocycles. The maximum absolute atomic E-state index is 12.5. The van der Waals surface area contributed by atoms with Crippen LogP contribution in [0.2, 0.25) is 5.02 Å².